The molecule has 0 aliphatic heterocycles. The van der Waals surface area contributed by atoms with Crippen molar-refractivity contribution >= 4 is 5.97 Å². The van der Waals surface area contributed by atoms with E-state index in [1.165, 1.54) is 7.11 Å². The molecule has 0 saturated carbocycles. The van der Waals surface area contributed by atoms with Crippen molar-refractivity contribution < 1.29 is 14.6 Å². The van der Waals surface area contributed by atoms with E-state index in [0.29, 0.717) is 13.1 Å². The summed E-state index contributed by atoms with van der Waals surface area (Å²) >= 11 is 0. The molecule has 23 heavy (non-hydrogen) atoms. The van der Waals surface area contributed by atoms with Crippen LogP contribution in [0.5, 0.6) is 0 Å². The molecule has 122 valence electrons. The van der Waals surface area contributed by atoms with Crippen molar-refractivity contribution in [3.8, 4) is 0 Å². The van der Waals surface area contributed by atoms with E-state index in [-0.39, 0.29) is 6.61 Å². The number of hydrogen-bond acceptors (Lipinski definition) is 3. The van der Waals surface area contributed by atoms with Crippen molar-refractivity contribution in [2.75, 3.05) is 13.7 Å². The summed E-state index contributed by atoms with van der Waals surface area (Å²) in [5, 5.41) is 9.77. The molecule has 0 aliphatic carbocycles. The molecule has 0 aromatic heterocycles. The largest absolute Gasteiger partial charge is 0.480 e. The number of carboxylic acid groups (broad SMARTS) is 1. The van der Waals surface area contributed by atoms with Gasteiger partial charge in [-0.05, 0) is 18.1 Å². The minimum Gasteiger partial charge on any atom is -0.480 e. The Balaban J connectivity index is 2.31. The fourth-order valence-corrected chi connectivity index (χ4v) is 2.58. The van der Waals surface area contributed by atoms with Crippen LogP contribution in [-0.4, -0.2) is 35.2 Å². The van der Waals surface area contributed by atoms with Gasteiger partial charge in [-0.3, -0.25) is 9.69 Å². The zero-order valence-electron chi connectivity index (χ0n) is 13.6. The maximum Gasteiger partial charge on any atom is 0.326 e. The minimum absolute atomic E-state index is 0.127. The van der Waals surface area contributed by atoms with Gasteiger partial charge in [0.05, 0.1) is 6.61 Å². The highest BCUT2D eigenvalue weighted by molar-refractivity contribution is 5.78. The number of carboxylic acids is 1. The smallest absolute Gasteiger partial charge is 0.326 e. The van der Waals surface area contributed by atoms with E-state index < -0.39 is 11.5 Å². The van der Waals surface area contributed by atoms with Crippen LogP contribution in [0.25, 0.3) is 0 Å². The highest BCUT2D eigenvalue weighted by Gasteiger charge is 2.39. The van der Waals surface area contributed by atoms with Crippen molar-refractivity contribution in [3.05, 3.63) is 71.8 Å². The number of hydrogen-bond donors (Lipinski definition) is 1. The summed E-state index contributed by atoms with van der Waals surface area (Å²) in [5.74, 6) is -0.883. The Bertz CT molecular complexity index is 574. The molecule has 0 aliphatic rings. The van der Waals surface area contributed by atoms with Gasteiger partial charge in [0, 0.05) is 20.2 Å². The van der Waals surface area contributed by atoms with Crippen molar-refractivity contribution in [2.24, 2.45) is 0 Å². The summed E-state index contributed by atoms with van der Waals surface area (Å²) in [6.07, 6.45) is 0. The van der Waals surface area contributed by atoms with Gasteiger partial charge >= 0.3 is 5.97 Å². The van der Waals surface area contributed by atoms with E-state index in [9.17, 15) is 9.90 Å². The van der Waals surface area contributed by atoms with Crippen molar-refractivity contribution in [1.82, 2.24) is 4.90 Å². The predicted octanol–water partition coefficient (Wildman–Crippen LogP) is 3.18. The lowest BCUT2D eigenvalue weighted by Crippen LogP contribution is -2.54. The maximum absolute atomic E-state index is 11.9. The van der Waals surface area contributed by atoms with Crippen molar-refractivity contribution in [2.45, 2.75) is 25.6 Å². The number of methoxy groups -OCH3 is 1. The SMILES string of the molecule is COC[C@](C)(C(=O)O)N(Cc1ccccc1)Cc1ccccc1. The first-order chi connectivity index (χ1) is 11.1. The lowest BCUT2D eigenvalue weighted by atomic mass is 9.98. The second-order valence-corrected chi connectivity index (χ2v) is 5.84. The zero-order chi connectivity index (χ0) is 16.7. The summed E-state index contributed by atoms with van der Waals surface area (Å²) in [4.78, 5) is 13.9. The molecule has 0 fully saturated rings. The molecule has 4 heteroatoms. The molecule has 2 rings (SSSR count). The average Bonchev–Trinajstić information content (AvgIpc) is 2.56. The van der Waals surface area contributed by atoms with E-state index in [2.05, 4.69) is 0 Å². The molecule has 0 heterocycles. The van der Waals surface area contributed by atoms with Crippen LogP contribution < -0.4 is 0 Å². The molecule has 0 bridgehead atoms. The molecule has 0 amide bonds. The van der Waals surface area contributed by atoms with Crippen LogP contribution in [-0.2, 0) is 22.6 Å². The van der Waals surface area contributed by atoms with E-state index >= 15 is 0 Å². The Labute approximate surface area is 137 Å². The molecule has 2 aromatic carbocycles. The van der Waals surface area contributed by atoms with E-state index in [0.717, 1.165) is 11.1 Å². The Morgan fingerprint density at radius 3 is 1.78 bits per heavy atom. The molecule has 0 radical (unpaired) electrons. The highest BCUT2D eigenvalue weighted by atomic mass is 16.5. The number of rotatable bonds is 8. The maximum atomic E-state index is 11.9. The summed E-state index contributed by atoms with van der Waals surface area (Å²) in [5.41, 5.74) is 1.06. The average molecular weight is 313 g/mol. The Morgan fingerprint density at radius 2 is 1.43 bits per heavy atom. The Hall–Kier alpha value is -2.17. The lowest BCUT2D eigenvalue weighted by molar-refractivity contribution is -0.155. The van der Waals surface area contributed by atoms with Gasteiger partial charge < -0.3 is 9.84 Å². The molecule has 0 saturated heterocycles. The fraction of sp³-hybridized carbons (Fsp3) is 0.316. The third-order valence-corrected chi connectivity index (χ3v) is 4.02. The second-order valence-electron chi connectivity index (χ2n) is 5.84. The van der Waals surface area contributed by atoms with Crippen LogP contribution in [0.4, 0.5) is 0 Å². The van der Waals surface area contributed by atoms with Crippen LogP contribution in [0.2, 0.25) is 0 Å². The molecular weight excluding hydrogens is 290 g/mol. The minimum atomic E-state index is -1.10. The first-order valence-electron chi connectivity index (χ1n) is 7.61. The Morgan fingerprint density at radius 1 is 1.00 bits per heavy atom. The monoisotopic (exact) mass is 313 g/mol. The quantitative estimate of drug-likeness (QED) is 0.813. The standard InChI is InChI=1S/C19H23NO3/c1-19(15-23-2,18(21)22)20(13-16-9-5-3-6-10-16)14-17-11-7-4-8-12-17/h3-12H,13-15H2,1-2H3,(H,21,22)/t19-/m1/s1. The number of aliphatic carboxylic acids is 1. The van der Waals surface area contributed by atoms with E-state index in [4.69, 9.17) is 4.74 Å². The van der Waals surface area contributed by atoms with Gasteiger partial charge in [0.15, 0.2) is 0 Å². The molecule has 1 atom stereocenters. The number of nitrogens with zero attached hydrogens (tertiary/aromatic N) is 1. The summed E-state index contributed by atoms with van der Waals surface area (Å²) in [6.45, 7) is 2.93. The lowest BCUT2D eigenvalue weighted by Gasteiger charge is -2.37. The zero-order valence-corrected chi connectivity index (χ0v) is 13.6. The van der Waals surface area contributed by atoms with Gasteiger partial charge in [-0.1, -0.05) is 60.7 Å². The topological polar surface area (TPSA) is 49.8 Å². The summed E-state index contributed by atoms with van der Waals surface area (Å²) in [6, 6.07) is 19.8. The van der Waals surface area contributed by atoms with Crippen LogP contribution in [0.3, 0.4) is 0 Å². The van der Waals surface area contributed by atoms with Gasteiger partial charge in [-0.2, -0.15) is 0 Å². The third kappa shape index (κ3) is 4.41. The Kier molecular flexibility index (Phi) is 5.90. The molecular formula is C19H23NO3. The molecule has 0 spiro atoms. The molecule has 1 N–H and O–H groups in total. The van der Waals surface area contributed by atoms with Crippen LogP contribution in [0, 0.1) is 0 Å². The number of ether oxygens (including phenoxy) is 1. The van der Waals surface area contributed by atoms with Crippen molar-refractivity contribution in [3.63, 3.8) is 0 Å². The van der Waals surface area contributed by atoms with Gasteiger partial charge in [0.2, 0.25) is 0 Å². The van der Waals surface area contributed by atoms with E-state index in [1.54, 1.807) is 6.92 Å². The van der Waals surface area contributed by atoms with Gasteiger partial charge in [0.25, 0.3) is 0 Å². The summed E-state index contributed by atoms with van der Waals surface area (Å²) < 4.78 is 5.20. The highest BCUT2D eigenvalue weighted by Crippen LogP contribution is 2.22. The van der Waals surface area contributed by atoms with Gasteiger partial charge in [-0.15, -0.1) is 0 Å². The van der Waals surface area contributed by atoms with Gasteiger partial charge in [0.1, 0.15) is 5.54 Å². The summed E-state index contributed by atoms with van der Waals surface area (Å²) in [7, 11) is 1.53. The van der Waals surface area contributed by atoms with E-state index in [1.807, 2.05) is 65.6 Å². The first-order valence-corrected chi connectivity index (χ1v) is 7.61. The molecule has 2 aromatic rings. The van der Waals surface area contributed by atoms with Crippen LogP contribution in [0.1, 0.15) is 18.1 Å². The van der Waals surface area contributed by atoms with Crippen molar-refractivity contribution in [1.29, 1.82) is 0 Å². The first kappa shape index (κ1) is 17.2. The number of benzene rings is 2. The second kappa shape index (κ2) is 7.90. The van der Waals surface area contributed by atoms with Crippen LogP contribution >= 0.6 is 0 Å². The predicted molar refractivity (Wildman–Crippen MR) is 90.0 cm³/mol. The number of carbonyl (C=O) groups is 1. The molecule has 0 unspecified atom stereocenters. The normalized spacial score (nSPS) is 13.7. The fourth-order valence-electron chi connectivity index (χ4n) is 2.58. The van der Waals surface area contributed by atoms with Crippen LogP contribution in [0.15, 0.2) is 60.7 Å². The molecule has 4 nitrogen and oxygen atoms in total. The third-order valence-electron chi connectivity index (χ3n) is 4.02. The van der Waals surface area contributed by atoms with Gasteiger partial charge in [-0.25, -0.2) is 0 Å².